The summed E-state index contributed by atoms with van der Waals surface area (Å²) in [5.41, 5.74) is 0. The lowest BCUT2D eigenvalue weighted by molar-refractivity contribution is 0.216. The zero-order chi connectivity index (χ0) is 20.9. The molecule has 0 amide bonds. The van der Waals surface area contributed by atoms with E-state index in [-0.39, 0.29) is 6.10 Å². The van der Waals surface area contributed by atoms with Crippen LogP contribution in [0.3, 0.4) is 0 Å². The van der Waals surface area contributed by atoms with Crippen LogP contribution in [-0.4, -0.2) is 22.9 Å². The third kappa shape index (κ3) is 153. The van der Waals surface area contributed by atoms with Crippen molar-refractivity contribution in [1.82, 2.24) is 0 Å². The Morgan fingerprint density at radius 1 is 0.583 bits per heavy atom. The molecule has 0 aromatic rings. The van der Waals surface area contributed by atoms with Crippen molar-refractivity contribution < 1.29 is 10.2 Å². The highest BCUT2D eigenvalue weighted by Gasteiger charge is 1.95. The number of hydrogen-bond donors (Lipinski definition) is 2. The van der Waals surface area contributed by atoms with Crippen molar-refractivity contribution in [2.24, 2.45) is 29.6 Å². The van der Waals surface area contributed by atoms with E-state index >= 15 is 0 Å². The molecule has 0 fully saturated rings. The number of aliphatic hydroxyl groups excluding tert-OH is 2. The van der Waals surface area contributed by atoms with Crippen molar-refractivity contribution in [1.29, 1.82) is 0 Å². The molecule has 0 saturated carbocycles. The van der Waals surface area contributed by atoms with E-state index < -0.39 is 0 Å². The van der Waals surface area contributed by atoms with Crippen LogP contribution in [0.2, 0.25) is 0 Å². The number of hydrogen-bond acceptors (Lipinski definition) is 2. The third-order valence-electron chi connectivity index (χ3n) is 2.51. The van der Waals surface area contributed by atoms with Crippen molar-refractivity contribution >= 4 is 0 Å². The summed E-state index contributed by atoms with van der Waals surface area (Å²) >= 11 is 0. The second-order valence-electron chi connectivity index (χ2n) is 8.69. The van der Waals surface area contributed by atoms with Crippen molar-refractivity contribution in [2.45, 2.75) is 109 Å². The maximum Gasteiger partial charge on any atom is 0.0483 e. The van der Waals surface area contributed by atoms with E-state index in [2.05, 4.69) is 69.2 Å². The highest BCUT2D eigenvalue weighted by Crippen LogP contribution is 2.05. The van der Waals surface area contributed by atoms with E-state index in [1.165, 1.54) is 6.42 Å². The summed E-state index contributed by atoms with van der Waals surface area (Å²) in [7, 11) is 0. The van der Waals surface area contributed by atoms with Crippen LogP contribution >= 0.6 is 0 Å². The molecule has 0 heterocycles. The predicted octanol–water partition coefficient (Wildman–Crippen LogP) is 7.03. The summed E-state index contributed by atoms with van der Waals surface area (Å²) in [6.45, 7) is 29.8. The molecule has 0 rings (SSSR count). The molecule has 0 unspecified atom stereocenters. The Labute approximate surface area is 156 Å². The lowest BCUT2D eigenvalue weighted by Gasteiger charge is -2.05. The highest BCUT2D eigenvalue weighted by molar-refractivity contribution is 4.46. The molecule has 0 aliphatic heterocycles. The summed E-state index contributed by atoms with van der Waals surface area (Å²) in [6, 6.07) is 0. The molecule has 2 heteroatoms. The smallest absolute Gasteiger partial charge is 0.0483 e. The second-order valence-corrected chi connectivity index (χ2v) is 8.69. The molecule has 2 nitrogen and oxygen atoms in total. The summed E-state index contributed by atoms with van der Waals surface area (Å²) in [5.74, 6) is 3.86. The highest BCUT2D eigenvalue weighted by atomic mass is 16.3. The molecule has 0 saturated heterocycles. The van der Waals surface area contributed by atoms with Crippen LogP contribution in [0.15, 0.2) is 0 Å². The van der Waals surface area contributed by atoms with E-state index in [9.17, 15) is 0 Å². The zero-order valence-corrected chi connectivity index (χ0v) is 19.8. The molecule has 0 bridgehead atoms. The van der Waals surface area contributed by atoms with Gasteiger partial charge in [-0.2, -0.15) is 0 Å². The maximum absolute atomic E-state index is 8.14. The molecule has 0 aliphatic carbocycles. The van der Waals surface area contributed by atoms with Gasteiger partial charge in [0.2, 0.25) is 0 Å². The third-order valence-corrected chi connectivity index (χ3v) is 2.51. The van der Waals surface area contributed by atoms with Crippen molar-refractivity contribution in [3.05, 3.63) is 0 Å². The lowest BCUT2D eigenvalue weighted by atomic mass is 10.0. The van der Waals surface area contributed by atoms with Crippen LogP contribution in [0.4, 0.5) is 0 Å². The first kappa shape index (κ1) is 35.1. The van der Waals surface area contributed by atoms with Gasteiger partial charge in [-0.25, -0.2) is 0 Å². The Kier molecular flexibility index (Phi) is 40.6. The summed E-state index contributed by atoms with van der Waals surface area (Å²) < 4.78 is 0. The Bertz CT molecular complexity index is 145. The van der Waals surface area contributed by atoms with Gasteiger partial charge in [-0.3, -0.25) is 0 Å². The Hall–Kier alpha value is -0.0800. The van der Waals surface area contributed by atoms with Gasteiger partial charge in [0.15, 0.2) is 0 Å². The summed E-state index contributed by atoms with van der Waals surface area (Å²) in [4.78, 5) is 0. The first-order chi connectivity index (χ1) is 10.6. The second kappa shape index (κ2) is 27.8. The summed E-state index contributed by atoms with van der Waals surface area (Å²) in [5, 5.41) is 16.2. The van der Waals surface area contributed by atoms with Crippen molar-refractivity contribution in [3.8, 4) is 0 Å². The van der Waals surface area contributed by atoms with Crippen LogP contribution in [0.1, 0.15) is 103 Å². The van der Waals surface area contributed by atoms with Gasteiger partial charge in [0.05, 0.1) is 0 Å². The van der Waals surface area contributed by atoms with Gasteiger partial charge >= 0.3 is 0 Å². The minimum Gasteiger partial charge on any atom is -0.396 e. The standard InChI is InChI=1S/C6H14.C5H12.C4H10O.C4H10.C3H8O/c1-5(2)6(3)4;1-4-5(2)3;1-4(2)3-5;1-4(2)3;1-3(2)4/h5-6H,1-4H3;5H,4H2,1-3H3;4-5H,3H2,1-2H3;4H,1-3H3;3-4H,1-2H3. The van der Waals surface area contributed by atoms with E-state index in [1.807, 2.05) is 13.8 Å². The average Bonchev–Trinajstić information content (AvgIpc) is 2.38. The van der Waals surface area contributed by atoms with Gasteiger partial charge in [-0.05, 0) is 43.4 Å². The number of aliphatic hydroxyl groups is 2. The minimum absolute atomic E-state index is 0.167. The topological polar surface area (TPSA) is 40.5 Å². The lowest BCUT2D eigenvalue weighted by Crippen LogP contribution is -1.95. The minimum atomic E-state index is -0.167. The van der Waals surface area contributed by atoms with Crippen molar-refractivity contribution in [3.63, 3.8) is 0 Å². The van der Waals surface area contributed by atoms with Gasteiger partial charge in [0.25, 0.3) is 0 Å². The van der Waals surface area contributed by atoms with Crippen LogP contribution in [0.25, 0.3) is 0 Å². The van der Waals surface area contributed by atoms with E-state index in [0.29, 0.717) is 12.5 Å². The largest absolute Gasteiger partial charge is 0.396 e. The van der Waals surface area contributed by atoms with Crippen molar-refractivity contribution in [2.75, 3.05) is 6.61 Å². The normalized spacial score (nSPS) is 9.75. The zero-order valence-electron chi connectivity index (χ0n) is 19.8. The fourth-order valence-corrected chi connectivity index (χ4v) is 0. The predicted molar refractivity (Wildman–Crippen MR) is 115 cm³/mol. The molecular weight excluding hydrogens is 296 g/mol. The Morgan fingerprint density at radius 3 is 0.708 bits per heavy atom. The molecule has 2 N–H and O–H groups in total. The first-order valence-electron chi connectivity index (χ1n) is 9.94. The molecule has 0 spiro atoms. The van der Waals surface area contributed by atoms with Gasteiger partial charge < -0.3 is 10.2 Å². The van der Waals surface area contributed by atoms with Gasteiger partial charge in [0.1, 0.15) is 0 Å². The molecule has 0 radical (unpaired) electrons. The summed E-state index contributed by atoms with van der Waals surface area (Å²) in [6.07, 6.45) is 1.14. The molecule has 154 valence electrons. The van der Waals surface area contributed by atoms with Crippen LogP contribution in [0.5, 0.6) is 0 Å². The average molecular weight is 351 g/mol. The number of rotatable bonds is 3. The van der Waals surface area contributed by atoms with E-state index in [1.54, 1.807) is 13.8 Å². The Balaban J connectivity index is -0.0000000633. The maximum atomic E-state index is 8.14. The van der Waals surface area contributed by atoms with Gasteiger partial charge in [0, 0.05) is 12.7 Å². The van der Waals surface area contributed by atoms with Gasteiger partial charge in [-0.15, -0.1) is 0 Å². The van der Waals surface area contributed by atoms with Crippen LogP contribution < -0.4 is 0 Å². The van der Waals surface area contributed by atoms with E-state index in [0.717, 1.165) is 23.7 Å². The molecule has 0 aromatic heterocycles. The first-order valence-corrected chi connectivity index (χ1v) is 9.94. The quantitative estimate of drug-likeness (QED) is 0.573. The SMILES string of the molecule is CC(C)C.CC(C)C(C)C.CC(C)CO.CC(C)O.CCC(C)C. The van der Waals surface area contributed by atoms with Crippen LogP contribution in [-0.2, 0) is 0 Å². The monoisotopic (exact) mass is 350 g/mol. The molecule has 24 heavy (non-hydrogen) atoms. The molecule has 0 aromatic carbocycles. The van der Waals surface area contributed by atoms with Gasteiger partial charge in [-0.1, -0.05) is 89.5 Å². The molecule has 0 atom stereocenters. The molecule has 0 aliphatic rings. The fraction of sp³-hybridized carbons (Fsp3) is 1.00. The molecular formula is C22H54O2. The van der Waals surface area contributed by atoms with E-state index in [4.69, 9.17) is 10.2 Å². The Morgan fingerprint density at radius 2 is 0.708 bits per heavy atom. The fourth-order valence-electron chi connectivity index (χ4n) is 0. The van der Waals surface area contributed by atoms with Crippen LogP contribution in [0, 0.1) is 29.6 Å².